The Morgan fingerprint density at radius 2 is 2.30 bits per heavy atom. The van der Waals surface area contributed by atoms with E-state index in [1.807, 2.05) is 12.1 Å². The minimum atomic E-state index is -0.0485. The molecular weight excluding hydrogens is 320 g/mol. The SMILES string of the molecule is NC1CCCN(Cc2cc(=O)n3cc(Br)ccc3n2)C1. The molecule has 1 atom stereocenters. The first-order chi connectivity index (χ1) is 9.61. The van der Waals surface area contributed by atoms with Gasteiger partial charge in [-0.25, -0.2) is 4.98 Å². The minimum Gasteiger partial charge on any atom is -0.327 e. The molecule has 1 fully saturated rings. The van der Waals surface area contributed by atoms with Crippen LogP contribution in [-0.2, 0) is 6.54 Å². The van der Waals surface area contributed by atoms with Crippen LogP contribution >= 0.6 is 15.9 Å². The molecular formula is C14H17BrN4O. The Hall–Kier alpha value is -1.24. The second-order valence-corrected chi connectivity index (χ2v) is 6.21. The van der Waals surface area contributed by atoms with Crippen LogP contribution in [0, 0.1) is 0 Å². The summed E-state index contributed by atoms with van der Waals surface area (Å²) in [5.41, 5.74) is 7.42. The monoisotopic (exact) mass is 336 g/mol. The maximum Gasteiger partial charge on any atom is 0.258 e. The van der Waals surface area contributed by atoms with Gasteiger partial charge in [-0.1, -0.05) is 0 Å². The zero-order valence-electron chi connectivity index (χ0n) is 11.1. The molecule has 2 N–H and O–H groups in total. The highest BCUT2D eigenvalue weighted by atomic mass is 79.9. The van der Waals surface area contributed by atoms with Crippen molar-refractivity contribution in [2.24, 2.45) is 5.73 Å². The molecule has 1 aliphatic heterocycles. The zero-order valence-corrected chi connectivity index (χ0v) is 12.7. The van der Waals surface area contributed by atoms with Crippen molar-refractivity contribution in [1.82, 2.24) is 14.3 Å². The molecule has 0 amide bonds. The Morgan fingerprint density at radius 1 is 1.45 bits per heavy atom. The summed E-state index contributed by atoms with van der Waals surface area (Å²) in [5.74, 6) is 0. The number of aromatic nitrogens is 2. The molecule has 3 heterocycles. The van der Waals surface area contributed by atoms with Gasteiger partial charge in [-0.3, -0.25) is 14.1 Å². The number of nitrogens with zero attached hydrogens (tertiary/aromatic N) is 3. The second kappa shape index (κ2) is 5.63. The lowest BCUT2D eigenvalue weighted by molar-refractivity contribution is 0.199. The Labute approximate surface area is 125 Å². The van der Waals surface area contributed by atoms with E-state index in [4.69, 9.17) is 5.73 Å². The van der Waals surface area contributed by atoms with Gasteiger partial charge < -0.3 is 5.73 Å². The van der Waals surface area contributed by atoms with E-state index in [9.17, 15) is 4.79 Å². The zero-order chi connectivity index (χ0) is 14.1. The normalized spacial score (nSPS) is 20.4. The molecule has 6 heteroatoms. The number of rotatable bonds is 2. The summed E-state index contributed by atoms with van der Waals surface area (Å²) >= 11 is 3.36. The molecule has 2 aromatic heterocycles. The van der Waals surface area contributed by atoms with Crippen LogP contribution in [0.1, 0.15) is 18.5 Å². The number of nitrogens with two attached hydrogens (primary N) is 1. The van der Waals surface area contributed by atoms with Crippen LogP contribution in [0.15, 0.2) is 33.7 Å². The maximum atomic E-state index is 12.1. The number of hydrogen-bond acceptors (Lipinski definition) is 4. The Bertz CT molecular complexity index is 684. The lowest BCUT2D eigenvalue weighted by atomic mass is 10.1. The van der Waals surface area contributed by atoms with Crippen molar-refractivity contribution in [2.45, 2.75) is 25.4 Å². The van der Waals surface area contributed by atoms with Crippen molar-refractivity contribution in [3.63, 3.8) is 0 Å². The maximum absolute atomic E-state index is 12.1. The van der Waals surface area contributed by atoms with E-state index in [1.54, 1.807) is 16.7 Å². The van der Waals surface area contributed by atoms with E-state index in [1.165, 1.54) is 0 Å². The van der Waals surface area contributed by atoms with Gasteiger partial charge in [-0.2, -0.15) is 0 Å². The van der Waals surface area contributed by atoms with E-state index in [-0.39, 0.29) is 11.6 Å². The highest BCUT2D eigenvalue weighted by molar-refractivity contribution is 9.10. The average molecular weight is 337 g/mol. The summed E-state index contributed by atoms with van der Waals surface area (Å²) < 4.78 is 2.42. The van der Waals surface area contributed by atoms with Crippen molar-refractivity contribution in [1.29, 1.82) is 0 Å². The molecule has 3 rings (SSSR count). The largest absolute Gasteiger partial charge is 0.327 e. The fourth-order valence-corrected chi connectivity index (χ4v) is 3.01. The predicted octanol–water partition coefficient (Wildman–Crippen LogP) is 1.38. The molecule has 20 heavy (non-hydrogen) atoms. The van der Waals surface area contributed by atoms with E-state index in [2.05, 4.69) is 25.8 Å². The molecule has 5 nitrogen and oxygen atoms in total. The van der Waals surface area contributed by atoms with Crippen LogP contribution in [0.4, 0.5) is 0 Å². The first kappa shape index (κ1) is 13.7. The smallest absolute Gasteiger partial charge is 0.258 e. The predicted molar refractivity (Wildman–Crippen MR) is 81.6 cm³/mol. The number of likely N-dealkylation sites (tertiary alicyclic amines) is 1. The van der Waals surface area contributed by atoms with Crippen LogP contribution in [0.2, 0.25) is 0 Å². The molecule has 0 spiro atoms. The molecule has 0 aromatic carbocycles. The summed E-state index contributed by atoms with van der Waals surface area (Å²) in [6, 6.07) is 5.58. The van der Waals surface area contributed by atoms with Gasteiger partial charge >= 0.3 is 0 Å². The van der Waals surface area contributed by atoms with Crippen molar-refractivity contribution >= 4 is 21.6 Å². The third-order valence-corrected chi connectivity index (χ3v) is 4.07. The highest BCUT2D eigenvalue weighted by Crippen LogP contribution is 2.13. The lowest BCUT2D eigenvalue weighted by Gasteiger charge is -2.30. The minimum absolute atomic E-state index is 0.0485. The summed E-state index contributed by atoms with van der Waals surface area (Å²) in [5, 5.41) is 0. The van der Waals surface area contributed by atoms with E-state index in [0.29, 0.717) is 12.2 Å². The van der Waals surface area contributed by atoms with Gasteiger partial charge in [0.25, 0.3) is 5.56 Å². The first-order valence-electron chi connectivity index (χ1n) is 6.77. The molecule has 1 unspecified atom stereocenters. The van der Waals surface area contributed by atoms with Gasteiger partial charge in [0, 0.05) is 35.9 Å². The molecule has 0 saturated carbocycles. The second-order valence-electron chi connectivity index (χ2n) is 5.30. The number of pyridine rings is 1. The van der Waals surface area contributed by atoms with Crippen LogP contribution in [0.5, 0.6) is 0 Å². The molecule has 0 bridgehead atoms. The third-order valence-electron chi connectivity index (χ3n) is 3.60. The Morgan fingerprint density at radius 3 is 3.10 bits per heavy atom. The van der Waals surface area contributed by atoms with Gasteiger partial charge in [0.15, 0.2) is 0 Å². The molecule has 1 saturated heterocycles. The number of hydrogen-bond donors (Lipinski definition) is 1. The number of piperidine rings is 1. The van der Waals surface area contributed by atoms with E-state index < -0.39 is 0 Å². The molecule has 106 valence electrons. The summed E-state index contributed by atoms with van der Waals surface area (Å²) in [4.78, 5) is 18.9. The molecule has 1 aliphatic rings. The van der Waals surface area contributed by atoms with Crippen molar-refractivity contribution in [3.05, 3.63) is 44.9 Å². The van der Waals surface area contributed by atoms with Gasteiger partial charge in [-0.05, 0) is 47.4 Å². The topological polar surface area (TPSA) is 63.6 Å². The van der Waals surface area contributed by atoms with E-state index in [0.717, 1.165) is 36.1 Å². The van der Waals surface area contributed by atoms with Crippen molar-refractivity contribution < 1.29 is 0 Å². The summed E-state index contributed by atoms with van der Waals surface area (Å²) in [7, 11) is 0. The number of halogens is 1. The van der Waals surface area contributed by atoms with Gasteiger partial charge in [0.1, 0.15) is 5.65 Å². The quantitative estimate of drug-likeness (QED) is 0.899. The molecule has 0 aliphatic carbocycles. The summed E-state index contributed by atoms with van der Waals surface area (Å²) in [6.07, 6.45) is 3.93. The molecule has 0 radical (unpaired) electrons. The van der Waals surface area contributed by atoms with Crippen LogP contribution < -0.4 is 11.3 Å². The average Bonchev–Trinajstić information content (AvgIpc) is 2.40. The summed E-state index contributed by atoms with van der Waals surface area (Å²) in [6.45, 7) is 2.59. The Balaban J connectivity index is 1.89. The van der Waals surface area contributed by atoms with Gasteiger partial charge in [0.2, 0.25) is 0 Å². The fourth-order valence-electron chi connectivity index (χ4n) is 2.67. The molecule has 2 aromatic rings. The highest BCUT2D eigenvalue weighted by Gasteiger charge is 2.17. The van der Waals surface area contributed by atoms with Gasteiger partial charge in [0.05, 0.1) is 5.69 Å². The fraction of sp³-hybridized carbons (Fsp3) is 0.429. The lowest BCUT2D eigenvalue weighted by Crippen LogP contribution is -2.42. The Kier molecular flexibility index (Phi) is 3.87. The van der Waals surface area contributed by atoms with Crippen molar-refractivity contribution in [3.8, 4) is 0 Å². The standard InChI is InChI=1S/C14H17BrN4O/c15-10-3-4-13-17-12(6-14(20)19(13)7-10)9-18-5-1-2-11(16)8-18/h3-4,6-7,11H,1-2,5,8-9,16H2. The van der Waals surface area contributed by atoms with Crippen LogP contribution in [0.3, 0.4) is 0 Å². The van der Waals surface area contributed by atoms with Crippen LogP contribution in [-0.4, -0.2) is 33.4 Å². The van der Waals surface area contributed by atoms with Crippen LogP contribution in [0.25, 0.3) is 5.65 Å². The van der Waals surface area contributed by atoms with Gasteiger partial charge in [-0.15, -0.1) is 0 Å². The first-order valence-corrected chi connectivity index (χ1v) is 7.57. The third kappa shape index (κ3) is 2.92. The van der Waals surface area contributed by atoms with Crippen molar-refractivity contribution in [2.75, 3.05) is 13.1 Å². The van der Waals surface area contributed by atoms with E-state index >= 15 is 0 Å². The number of fused-ring (bicyclic) bond motifs is 1.